The van der Waals surface area contributed by atoms with E-state index in [1.807, 2.05) is 0 Å². The smallest absolute Gasteiger partial charge is 0.339 e. The predicted molar refractivity (Wildman–Crippen MR) is 110 cm³/mol. The first kappa shape index (κ1) is 24.7. The number of hydrogen-bond donors (Lipinski definition) is 1. The number of carboxylic acid groups (broad SMARTS) is 1. The van der Waals surface area contributed by atoms with Gasteiger partial charge in [0, 0.05) is 17.7 Å². The summed E-state index contributed by atoms with van der Waals surface area (Å²) in [5.41, 5.74) is 0.375. The first-order valence-corrected chi connectivity index (χ1v) is 9.60. The molecule has 0 bridgehead atoms. The van der Waals surface area contributed by atoms with Crippen LogP contribution >= 0.6 is 0 Å². The van der Waals surface area contributed by atoms with E-state index >= 15 is 0 Å². The number of ether oxygens (including phenoxy) is 4. The van der Waals surface area contributed by atoms with Crippen LogP contribution in [0.25, 0.3) is 0 Å². The lowest BCUT2D eigenvalue weighted by atomic mass is 10.2. The van der Waals surface area contributed by atoms with Crippen LogP contribution in [0.1, 0.15) is 43.0 Å². The molecule has 8 nitrogen and oxygen atoms in total. The Morgan fingerprint density at radius 2 is 1.67 bits per heavy atom. The standard InChI is InChI=1S/C22H28O8/c1-4-20(23)29-14-13-28-19-15-17(9-10-18(19)21(24)25)27-11-7-5-6-8-12-30-22(26)16(2)3/h4,9-10,15H,1-2,5-8,11-14H2,3H3,(H,24,25). The van der Waals surface area contributed by atoms with Gasteiger partial charge in [-0.3, -0.25) is 0 Å². The lowest BCUT2D eigenvalue weighted by molar-refractivity contribution is -0.139. The Kier molecular flexibility index (Phi) is 11.4. The van der Waals surface area contributed by atoms with Crippen molar-refractivity contribution in [3.8, 4) is 11.5 Å². The summed E-state index contributed by atoms with van der Waals surface area (Å²) in [7, 11) is 0. The van der Waals surface area contributed by atoms with Crippen molar-refractivity contribution in [2.45, 2.75) is 32.6 Å². The Bertz CT molecular complexity index is 754. The number of benzene rings is 1. The zero-order chi connectivity index (χ0) is 22.4. The first-order chi connectivity index (χ1) is 14.3. The zero-order valence-electron chi connectivity index (χ0n) is 17.2. The molecule has 0 aromatic heterocycles. The fourth-order valence-corrected chi connectivity index (χ4v) is 2.28. The summed E-state index contributed by atoms with van der Waals surface area (Å²) < 4.78 is 20.9. The van der Waals surface area contributed by atoms with E-state index in [4.69, 9.17) is 18.9 Å². The molecule has 0 aliphatic heterocycles. The van der Waals surface area contributed by atoms with Gasteiger partial charge < -0.3 is 24.1 Å². The van der Waals surface area contributed by atoms with Gasteiger partial charge in [-0.2, -0.15) is 0 Å². The van der Waals surface area contributed by atoms with Crippen LogP contribution in [0.5, 0.6) is 11.5 Å². The Hall–Kier alpha value is -3.29. The number of carbonyl (C=O) groups is 3. The van der Waals surface area contributed by atoms with Crippen LogP contribution in [0, 0.1) is 0 Å². The summed E-state index contributed by atoms with van der Waals surface area (Å²) >= 11 is 0. The van der Waals surface area contributed by atoms with E-state index in [1.165, 1.54) is 12.1 Å². The van der Waals surface area contributed by atoms with Crippen LogP contribution in [0.4, 0.5) is 0 Å². The van der Waals surface area contributed by atoms with Crippen molar-refractivity contribution in [3.05, 3.63) is 48.6 Å². The van der Waals surface area contributed by atoms with E-state index in [9.17, 15) is 19.5 Å². The van der Waals surface area contributed by atoms with Crippen LogP contribution in [-0.2, 0) is 19.1 Å². The maximum Gasteiger partial charge on any atom is 0.339 e. The molecular formula is C22H28O8. The van der Waals surface area contributed by atoms with Gasteiger partial charge in [0.15, 0.2) is 0 Å². The summed E-state index contributed by atoms with van der Waals surface area (Å²) in [5, 5.41) is 9.27. The normalized spacial score (nSPS) is 10.0. The fourth-order valence-electron chi connectivity index (χ4n) is 2.28. The molecule has 0 unspecified atom stereocenters. The number of aromatic carboxylic acids is 1. The molecule has 0 heterocycles. The predicted octanol–water partition coefficient (Wildman–Crippen LogP) is 3.55. The topological polar surface area (TPSA) is 108 Å². The Balaban J connectivity index is 2.37. The van der Waals surface area contributed by atoms with E-state index in [-0.39, 0.29) is 30.5 Å². The van der Waals surface area contributed by atoms with E-state index in [1.54, 1.807) is 13.0 Å². The minimum absolute atomic E-state index is 0.000729. The molecule has 1 rings (SSSR count). The maximum atomic E-state index is 11.3. The SMILES string of the molecule is C=CC(=O)OCCOc1cc(OCCCCCCOC(=O)C(=C)C)ccc1C(=O)O. The van der Waals surface area contributed by atoms with Gasteiger partial charge in [-0.1, -0.05) is 13.2 Å². The lowest BCUT2D eigenvalue weighted by Crippen LogP contribution is -2.12. The molecule has 0 radical (unpaired) electrons. The first-order valence-electron chi connectivity index (χ1n) is 9.60. The molecule has 30 heavy (non-hydrogen) atoms. The molecule has 8 heteroatoms. The molecule has 1 aromatic rings. The number of rotatable bonds is 15. The van der Waals surface area contributed by atoms with Gasteiger partial charge in [0.1, 0.15) is 30.3 Å². The second-order valence-corrected chi connectivity index (χ2v) is 6.36. The van der Waals surface area contributed by atoms with E-state index < -0.39 is 11.9 Å². The molecule has 0 saturated heterocycles. The molecule has 0 atom stereocenters. The van der Waals surface area contributed by atoms with Gasteiger partial charge >= 0.3 is 17.9 Å². The van der Waals surface area contributed by atoms with Gasteiger partial charge in [0.2, 0.25) is 0 Å². The van der Waals surface area contributed by atoms with Gasteiger partial charge in [-0.05, 0) is 44.7 Å². The number of carbonyl (C=O) groups excluding carboxylic acids is 2. The summed E-state index contributed by atoms with van der Waals surface area (Å²) in [4.78, 5) is 33.6. The zero-order valence-corrected chi connectivity index (χ0v) is 17.2. The molecule has 1 aromatic carbocycles. The van der Waals surface area contributed by atoms with Crippen molar-refractivity contribution in [2.24, 2.45) is 0 Å². The molecule has 0 spiro atoms. The Labute approximate surface area is 176 Å². The van der Waals surface area contributed by atoms with Crippen molar-refractivity contribution >= 4 is 17.9 Å². The third-order valence-corrected chi connectivity index (χ3v) is 3.82. The third kappa shape index (κ3) is 9.77. The van der Waals surface area contributed by atoms with Crippen molar-refractivity contribution < 1.29 is 38.4 Å². The summed E-state index contributed by atoms with van der Waals surface area (Å²) in [6.45, 7) is 9.20. The summed E-state index contributed by atoms with van der Waals surface area (Å²) in [6.07, 6.45) is 4.38. The highest BCUT2D eigenvalue weighted by Gasteiger charge is 2.13. The van der Waals surface area contributed by atoms with Crippen LogP contribution in [0.15, 0.2) is 43.0 Å². The molecule has 0 aliphatic carbocycles. The Morgan fingerprint density at radius 3 is 2.30 bits per heavy atom. The van der Waals surface area contributed by atoms with Crippen LogP contribution in [-0.4, -0.2) is 49.4 Å². The molecule has 1 N–H and O–H groups in total. The molecule has 0 aliphatic rings. The maximum absolute atomic E-state index is 11.3. The average Bonchev–Trinajstić information content (AvgIpc) is 2.72. The molecule has 0 saturated carbocycles. The van der Waals surface area contributed by atoms with Crippen molar-refractivity contribution in [1.29, 1.82) is 0 Å². The molecule has 164 valence electrons. The average molecular weight is 420 g/mol. The number of esters is 2. The van der Waals surface area contributed by atoms with Crippen molar-refractivity contribution in [3.63, 3.8) is 0 Å². The third-order valence-electron chi connectivity index (χ3n) is 3.82. The van der Waals surface area contributed by atoms with Crippen LogP contribution in [0.3, 0.4) is 0 Å². The van der Waals surface area contributed by atoms with Crippen molar-refractivity contribution in [1.82, 2.24) is 0 Å². The van der Waals surface area contributed by atoms with Gasteiger partial charge in [-0.25, -0.2) is 14.4 Å². The monoisotopic (exact) mass is 420 g/mol. The quantitative estimate of drug-likeness (QED) is 0.261. The second-order valence-electron chi connectivity index (χ2n) is 6.36. The molecule has 0 amide bonds. The minimum Gasteiger partial charge on any atom is -0.493 e. The highest BCUT2D eigenvalue weighted by Crippen LogP contribution is 2.25. The van der Waals surface area contributed by atoms with E-state index in [0.717, 1.165) is 31.8 Å². The Morgan fingerprint density at radius 1 is 0.967 bits per heavy atom. The van der Waals surface area contributed by atoms with Gasteiger partial charge in [0.05, 0.1) is 13.2 Å². The summed E-state index contributed by atoms with van der Waals surface area (Å²) in [5.74, 6) is -1.47. The van der Waals surface area contributed by atoms with Crippen molar-refractivity contribution in [2.75, 3.05) is 26.4 Å². The molecule has 0 fully saturated rings. The highest BCUT2D eigenvalue weighted by atomic mass is 16.6. The molecular weight excluding hydrogens is 392 g/mol. The summed E-state index contributed by atoms with van der Waals surface area (Å²) in [6, 6.07) is 4.46. The lowest BCUT2D eigenvalue weighted by Gasteiger charge is -2.12. The van der Waals surface area contributed by atoms with Gasteiger partial charge in [0.25, 0.3) is 0 Å². The van der Waals surface area contributed by atoms with E-state index in [2.05, 4.69) is 13.2 Å². The van der Waals surface area contributed by atoms with E-state index in [0.29, 0.717) is 24.5 Å². The number of unbranched alkanes of at least 4 members (excludes halogenated alkanes) is 3. The number of carboxylic acids is 1. The van der Waals surface area contributed by atoms with Crippen LogP contribution in [0.2, 0.25) is 0 Å². The highest BCUT2D eigenvalue weighted by molar-refractivity contribution is 5.91. The largest absolute Gasteiger partial charge is 0.493 e. The minimum atomic E-state index is -1.13. The van der Waals surface area contributed by atoms with Gasteiger partial charge in [-0.15, -0.1) is 0 Å². The second kappa shape index (κ2) is 13.8. The number of hydrogen-bond acceptors (Lipinski definition) is 7. The fraction of sp³-hybridized carbons (Fsp3) is 0.409. The van der Waals surface area contributed by atoms with Crippen LogP contribution < -0.4 is 9.47 Å².